The van der Waals surface area contributed by atoms with Crippen LogP contribution in [0, 0.1) is 0 Å². The quantitative estimate of drug-likeness (QED) is 0.158. The summed E-state index contributed by atoms with van der Waals surface area (Å²) in [6, 6.07) is 25.4. The van der Waals surface area contributed by atoms with Crippen LogP contribution in [-0.4, -0.2) is 35.0 Å². The van der Waals surface area contributed by atoms with Crippen LogP contribution in [0.2, 0.25) is 0 Å². The average Bonchev–Trinajstić information content (AvgIpc) is 3.03. The monoisotopic (exact) mass is 643 g/mol. The van der Waals surface area contributed by atoms with Gasteiger partial charge in [-0.05, 0) is 59.0 Å². The van der Waals surface area contributed by atoms with Crippen molar-refractivity contribution in [1.29, 1.82) is 0 Å². The van der Waals surface area contributed by atoms with Gasteiger partial charge >= 0.3 is 18.3 Å². The molecule has 1 N–H and O–H groups in total. The number of amides is 1. The first-order chi connectivity index (χ1) is 21.7. The van der Waals surface area contributed by atoms with Crippen LogP contribution < -0.4 is 4.74 Å². The predicted octanol–water partition coefficient (Wildman–Crippen LogP) is 8.37. The zero-order valence-corrected chi connectivity index (χ0v) is 24.7. The topological polar surface area (TPSA) is 66.8 Å². The Bertz CT molecular complexity index is 1530. The van der Waals surface area contributed by atoms with E-state index in [1.165, 1.54) is 36.2 Å². The zero-order chi connectivity index (χ0) is 33.5. The Kier molecular flexibility index (Phi) is 10.8. The minimum Gasteiger partial charge on any atom is -0.489 e. The molecule has 0 saturated heterocycles. The van der Waals surface area contributed by atoms with Gasteiger partial charge in [-0.25, -0.2) is 4.79 Å². The smallest absolute Gasteiger partial charge is 0.416 e. The van der Waals surface area contributed by atoms with Gasteiger partial charge in [-0.2, -0.15) is 26.3 Å². The highest BCUT2D eigenvalue weighted by molar-refractivity contribution is 5.83. The van der Waals surface area contributed by atoms with Crippen LogP contribution in [-0.2, 0) is 35.0 Å². The molecule has 0 aliphatic rings. The van der Waals surface area contributed by atoms with Crippen molar-refractivity contribution < 1.29 is 45.8 Å². The molecule has 11 heteroatoms. The van der Waals surface area contributed by atoms with Gasteiger partial charge in [-0.1, -0.05) is 72.8 Å². The molecule has 0 saturated carbocycles. The molecule has 1 unspecified atom stereocenters. The summed E-state index contributed by atoms with van der Waals surface area (Å²) < 4.78 is 84.4. The van der Waals surface area contributed by atoms with Gasteiger partial charge in [0.05, 0.1) is 11.1 Å². The van der Waals surface area contributed by atoms with E-state index in [0.717, 1.165) is 11.1 Å². The number of hydrogen-bond acceptors (Lipinski definition) is 3. The zero-order valence-electron chi connectivity index (χ0n) is 24.7. The van der Waals surface area contributed by atoms with Crippen LogP contribution in [0.15, 0.2) is 103 Å². The summed E-state index contributed by atoms with van der Waals surface area (Å²) in [5, 5.41) is 9.93. The molecule has 0 aromatic heterocycles. The van der Waals surface area contributed by atoms with E-state index in [1.807, 2.05) is 60.7 Å². The Morgan fingerprint density at radius 2 is 1.24 bits per heavy atom. The van der Waals surface area contributed by atoms with Gasteiger partial charge in [0.25, 0.3) is 0 Å². The summed E-state index contributed by atoms with van der Waals surface area (Å²) in [4.78, 5) is 26.6. The van der Waals surface area contributed by atoms with Crippen molar-refractivity contribution in [3.8, 4) is 5.75 Å². The fourth-order valence-electron chi connectivity index (χ4n) is 5.12. The van der Waals surface area contributed by atoms with E-state index < -0.39 is 42.1 Å². The molecule has 4 aromatic carbocycles. The molecule has 4 aromatic rings. The largest absolute Gasteiger partial charge is 0.489 e. The number of benzene rings is 4. The van der Waals surface area contributed by atoms with Gasteiger partial charge in [0.1, 0.15) is 18.4 Å². The first kappa shape index (κ1) is 34.1. The number of likely N-dealkylation sites (N-methyl/N-ethyl adjacent to an activating group) is 1. The minimum atomic E-state index is -4.97. The molecule has 0 fully saturated rings. The van der Waals surface area contributed by atoms with E-state index in [9.17, 15) is 41.0 Å². The third kappa shape index (κ3) is 9.12. The highest BCUT2D eigenvalue weighted by Crippen LogP contribution is 2.36. The molecule has 46 heavy (non-hydrogen) atoms. The summed E-state index contributed by atoms with van der Waals surface area (Å²) >= 11 is 0. The predicted molar refractivity (Wildman–Crippen MR) is 159 cm³/mol. The number of hydrogen-bond donors (Lipinski definition) is 1. The fourth-order valence-corrected chi connectivity index (χ4v) is 5.12. The van der Waals surface area contributed by atoms with E-state index in [-0.39, 0.29) is 42.0 Å². The second kappa shape index (κ2) is 14.5. The molecule has 1 atom stereocenters. The first-order valence-corrected chi connectivity index (χ1v) is 14.3. The van der Waals surface area contributed by atoms with Gasteiger partial charge < -0.3 is 14.7 Å². The molecule has 0 radical (unpaired) electrons. The van der Waals surface area contributed by atoms with Crippen LogP contribution in [0.3, 0.4) is 0 Å². The van der Waals surface area contributed by atoms with Crippen molar-refractivity contribution >= 4 is 11.9 Å². The molecule has 0 bridgehead atoms. The molecule has 0 aliphatic carbocycles. The fraction of sp³-hybridized carbons (Fsp3) is 0.257. The number of ether oxygens (including phenoxy) is 1. The van der Waals surface area contributed by atoms with Gasteiger partial charge in [-0.15, -0.1) is 0 Å². The number of carboxylic acids is 1. The number of carbonyl (C=O) groups is 2. The lowest BCUT2D eigenvalue weighted by Gasteiger charge is -2.26. The Morgan fingerprint density at radius 1 is 0.739 bits per heavy atom. The highest BCUT2D eigenvalue weighted by atomic mass is 19.4. The second-order valence-electron chi connectivity index (χ2n) is 10.8. The summed E-state index contributed by atoms with van der Waals surface area (Å²) in [6.45, 7) is -0.561. The Balaban J connectivity index is 1.40. The molecule has 4 rings (SSSR count). The lowest BCUT2D eigenvalue weighted by molar-refractivity contribution is -0.149. The first-order valence-electron chi connectivity index (χ1n) is 14.3. The number of nitrogens with zero attached hydrogens (tertiary/aromatic N) is 1. The van der Waals surface area contributed by atoms with E-state index in [0.29, 0.717) is 24.1 Å². The number of aliphatic carboxylic acids is 1. The molecular weight excluding hydrogens is 612 g/mol. The third-order valence-corrected chi connectivity index (χ3v) is 7.60. The van der Waals surface area contributed by atoms with Crippen molar-refractivity contribution in [2.45, 2.75) is 50.2 Å². The van der Waals surface area contributed by atoms with Crippen LogP contribution in [0.5, 0.6) is 5.75 Å². The molecular formula is C35H31F6NO4. The summed E-state index contributed by atoms with van der Waals surface area (Å²) in [7, 11) is 1.43. The number of alkyl halides is 6. The van der Waals surface area contributed by atoms with E-state index >= 15 is 0 Å². The van der Waals surface area contributed by atoms with Crippen LogP contribution in [0.4, 0.5) is 26.3 Å². The maximum Gasteiger partial charge on any atom is 0.416 e. The van der Waals surface area contributed by atoms with Crippen molar-refractivity contribution in [3.05, 3.63) is 137 Å². The normalized spacial score (nSPS) is 12.5. The maximum absolute atomic E-state index is 13.2. The second-order valence-corrected chi connectivity index (χ2v) is 10.8. The van der Waals surface area contributed by atoms with Gasteiger partial charge in [-0.3, -0.25) is 4.79 Å². The van der Waals surface area contributed by atoms with Crippen molar-refractivity contribution in [2.75, 3.05) is 7.05 Å². The van der Waals surface area contributed by atoms with Crippen LogP contribution in [0.1, 0.15) is 52.1 Å². The molecule has 1 amide bonds. The molecule has 5 nitrogen and oxygen atoms in total. The van der Waals surface area contributed by atoms with Gasteiger partial charge in [0.2, 0.25) is 5.91 Å². The molecule has 0 spiro atoms. The third-order valence-electron chi connectivity index (χ3n) is 7.60. The minimum absolute atomic E-state index is 0.0405. The lowest BCUT2D eigenvalue weighted by atomic mass is 9.87. The maximum atomic E-state index is 13.2. The van der Waals surface area contributed by atoms with Gasteiger partial charge in [0.15, 0.2) is 0 Å². The lowest BCUT2D eigenvalue weighted by Crippen LogP contribution is -2.43. The standard InChI is InChI=1S/C35H31F6NO4/c1-42(32(43)17-16-30(25-8-4-2-5-9-25)26-10-6-3-7-11-26)31(33(44)45)20-23-12-14-29(15-13-23)46-22-24-18-27(34(36,37)38)21-28(19-24)35(39,40)41/h2-15,18-19,21,30-31H,16-17,20,22H2,1H3,(H,44,45). The molecule has 0 heterocycles. The SMILES string of the molecule is CN(C(=O)CCC(c1ccccc1)c1ccccc1)C(Cc1ccc(OCc2cc(C(F)(F)F)cc(C(F)(F)F)c2)cc1)C(=O)O. The van der Waals surface area contributed by atoms with Crippen molar-refractivity contribution in [2.24, 2.45) is 0 Å². The Labute approximate surface area is 262 Å². The number of carbonyl (C=O) groups excluding carboxylic acids is 1. The van der Waals surface area contributed by atoms with E-state index in [2.05, 4.69) is 0 Å². The van der Waals surface area contributed by atoms with Crippen LogP contribution in [0.25, 0.3) is 0 Å². The number of halogens is 6. The Hall–Kier alpha value is -4.80. The van der Waals surface area contributed by atoms with E-state index in [4.69, 9.17) is 4.74 Å². The number of carboxylic acid groups (broad SMARTS) is 1. The molecule has 0 aliphatic heterocycles. The number of rotatable bonds is 12. The summed E-state index contributed by atoms with van der Waals surface area (Å²) in [6.07, 6.45) is -9.42. The molecule has 242 valence electrons. The van der Waals surface area contributed by atoms with E-state index in [1.54, 1.807) is 0 Å². The summed E-state index contributed by atoms with van der Waals surface area (Å²) in [5.41, 5.74) is -0.593. The summed E-state index contributed by atoms with van der Waals surface area (Å²) in [5.74, 6) is -1.46. The Morgan fingerprint density at radius 3 is 1.70 bits per heavy atom. The highest BCUT2D eigenvalue weighted by Gasteiger charge is 2.37. The van der Waals surface area contributed by atoms with Crippen molar-refractivity contribution in [1.82, 2.24) is 4.90 Å². The van der Waals surface area contributed by atoms with Crippen molar-refractivity contribution in [3.63, 3.8) is 0 Å². The average molecular weight is 644 g/mol. The van der Waals surface area contributed by atoms with Gasteiger partial charge in [0, 0.05) is 25.8 Å². The van der Waals surface area contributed by atoms with Crippen LogP contribution >= 0.6 is 0 Å².